The molecule has 0 fully saturated rings. The standard InChI is InChI=1S/C17H22N4O4/c1-3-10-21(12-16(22)19-15-9-11-25-20-15)17(23)18-13-7-5-6-8-14(13)24-4-2/h5-9,11H,3-4,10,12H2,1-2H3,(H,18,23)(H,19,20,22). The number of nitrogens with zero attached hydrogens (tertiary/aromatic N) is 2. The van der Waals surface area contributed by atoms with Crippen molar-refractivity contribution in [2.24, 2.45) is 0 Å². The summed E-state index contributed by atoms with van der Waals surface area (Å²) in [5, 5.41) is 8.97. The summed E-state index contributed by atoms with van der Waals surface area (Å²) in [6.45, 7) is 4.64. The number of anilines is 2. The maximum atomic E-state index is 12.5. The van der Waals surface area contributed by atoms with E-state index in [9.17, 15) is 9.59 Å². The van der Waals surface area contributed by atoms with E-state index in [4.69, 9.17) is 4.74 Å². The van der Waals surface area contributed by atoms with Crippen LogP contribution in [-0.2, 0) is 4.79 Å². The Morgan fingerprint density at radius 2 is 2.00 bits per heavy atom. The van der Waals surface area contributed by atoms with Crippen LogP contribution in [0.3, 0.4) is 0 Å². The third-order valence-electron chi connectivity index (χ3n) is 3.25. The zero-order valence-electron chi connectivity index (χ0n) is 14.3. The molecule has 0 saturated carbocycles. The summed E-state index contributed by atoms with van der Waals surface area (Å²) in [5.74, 6) is 0.543. The van der Waals surface area contributed by atoms with Crippen molar-refractivity contribution in [2.75, 3.05) is 30.3 Å². The fourth-order valence-electron chi connectivity index (χ4n) is 2.20. The third kappa shape index (κ3) is 5.52. The normalized spacial score (nSPS) is 10.2. The van der Waals surface area contributed by atoms with Crippen LogP contribution in [0.25, 0.3) is 0 Å². The van der Waals surface area contributed by atoms with Gasteiger partial charge in [-0.2, -0.15) is 0 Å². The van der Waals surface area contributed by atoms with Gasteiger partial charge in [-0.25, -0.2) is 4.79 Å². The summed E-state index contributed by atoms with van der Waals surface area (Å²) >= 11 is 0. The quantitative estimate of drug-likeness (QED) is 0.766. The van der Waals surface area contributed by atoms with E-state index in [0.29, 0.717) is 30.4 Å². The van der Waals surface area contributed by atoms with Crippen LogP contribution in [-0.4, -0.2) is 41.7 Å². The smallest absolute Gasteiger partial charge is 0.322 e. The molecule has 2 rings (SSSR count). The molecule has 0 radical (unpaired) electrons. The summed E-state index contributed by atoms with van der Waals surface area (Å²) in [5.41, 5.74) is 0.562. The van der Waals surface area contributed by atoms with Gasteiger partial charge in [0.15, 0.2) is 5.82 Å². The second-order valence-electron chi connectivity index (χ2n) is 5.21. The highest BCUT2D eigenvalue weighted by Crippen LogP contribution is 2.24. The molecule has 1 heterocycles. The Morgan fingerprint density at radius 3 is 2.68 bits per heavy atom. The second-order valence-corrected chi connectivity index (χ2v) is 5.21. The molecule has 1 aromatic heterocycles. The van der Waals surface area contributed by atoms with Crippen molar-refractivity contribution < 1.29 is 18.8 Å². The van der Waals surface area contributed by atoms with E-state index in [1.807, 2.05) is 19.9 Å². The van der Waals surface area contributed by atoms with Gasteiger partial charge in [0.2, 0.25) is 5.91 Å². The van der Waals surface area contributed by atoms with E-state index in [-0.39, 0.29) is 18.5 Å². The van der Waals surface area contributed by atoms with Crippen molar-refractivity contribution in [3.05, 3.63) is 36.6 Å². The minimum atomic E-state index is -0.371. The molecule has 0 aliphatic carbocycles. The maximum absolute atomic E-state index is 12.5. The lowest BCUT2D eigenvalue weighted by Gasteiger charge is -2.22. The molecule has 1 aromatic carbocycles. The second kappa shape index (κ2) is 9.31. The molecule has 0 aliphatic heterocycles. The Bertz CT molecular complexity index is 688. The van der Waals surface area contributed by atoms with Gasteiger partial charge in [0.05, 0.1) is 12.3 Å². The minimum absolute atomic E-state index is 0.0939. The van der Waals surface area contributed by atoms with Gasteiger partial charge in [0.25, 0.3) is 0 Å². The SMILES string of the molecule is CCCN(CC(=O)Nc1ccon1)C(=O)Nc1ccccc1OCC. The molecule has 2 aromatic rings. The highest BCUT2D eigenvalue weighted by molar-refractivity contribution is 5.97. The van der Waals surface area contributed by atoms with Gasteiger partial charge in [-0.05, 0) is 25.5 Å². The van der Waals surface area contributed by atoms with Gasteiger partial charge in [0.1, 0.15) is 18.6 Å². The zero-order valence-corrected chi connectivity index (χ0v) is 14.3. The first-order valence-corrected chi connectivity index (χ1v) is 8.12. The molecule has 2 N–H and O–H groups in total. The lowest BCUT2D eigenvalue weighted by Crippen LogP contribution is -2.41. The van der Waals surface area contributed by atoms with Crippen LogP contribution in [0.15, 0.2) is 41.1 Å². The largest absolute Gasteiger partial charge is 0.492 e. The van der Waals surface area contributed by atoms with Crippen molar-refractivity contribution in [3.63, 3.8) is 0 Å². The fraction of sp³-hybridized carbons (Fsp3) is 0.353. The molecule has 0 spiro atoms. The molecule has 0 bridgehead atoms. The monoisotopic (exact) mass is 346 g/mol. The number of para-hydroxylation sites is 2. The number of benzene rings is 1. The molecular formula is C17H22N4O4. The fourth-order valence-corrected chi connectivity index (χ4v) is 2.20. The maximum Gasteiger partial charge on any atom is 0.322 e. The van der Waals surface area contributed by atoms with E-state index in [2.05, 4.69) is 20.3 Å². The van der Waals surface area contributed by atoms with Gasteiger partial charge in [-0.1, -0.05) is 24.2 Å². The molecule has 0 saturated heterocycles. The Hall–Kier alpha value is -3.03. The number of rotatable bonds is 8. The molecule has 0 atom stereocenters. The highest BCUT2D eigenvalue weighted by atomic mass is 16.5. The number of ether oxygens (including phenoxy) is 1. The summed E-state index contributed by atoms with van der Waals surface area (Å²) in [4.78, 5) is 26.1. The number of urea groups is 1. The molecule has 8 heteroatoms. The van der Waals surface area contributed by atoms with E-state index in [1.165, 1.54) is 17.2 Å². The number of amides is 3. The number of carbonyl (C=O) groups is 2. The van der Waals surface area contributed by atoms with E-state index in [1.54, 1.807) is 18.2 Å². The molecule has 0 aliphatic rings. The van der Waals surface area contributed by atoms with Crippen LogP contribution in [0, 0.1) is 0 Å². The topological polar surface area (TPSA) is 96.7 Å². The Kier molecular flexibility index (Phi) is 6.82. The van der Waals surface area contributed by atoms with Crippen LogP contribution in [0.2, 0.25) is 0 Å². The predicted molar refractivity (Wildman–Crippen MR) is 93.6 cm³/mol. The molecule has 25 heavy (non-hydrogen) atoms. The van der Waals surface area contributed by atoms with Gasteiger partial charge in [0, 0.05) is 12.6 Å². The van der Waals surface area contributed by atoms with Crippen LogP contribution in [0.1, 0.15) is 20.3 Å². The van der Waals surface area contributed by atoms with Gasteiger partial charge in [-0.15, -0.1) is 0 Å². The summed E-state index contributed by atoms with van der Waals surface area (Å²) in [6, 6.07) is 8.32. The van der Waals surface area contributed by atoms with Crippen LogP contribution < -0.4 is 15.4 Å². The first-order valence-electron chi connectivity index (χ1n) is 8.12. The highest BCUT2D eigenvalue weighted by Gasteiger charge is 2.18. The number of nitrogens with one attached hydrogen (secondary N) is 2. The van der Waals surface area contributed by atoms with Gasteiger partial charge in [-0.3, -0.25) is 4.79 Å². The van der Waals surface area contributed by atoms with Crippen LogP contribution in [0.5, 0.6) is 5.75 Å². The lowest BCUT2D eigenvalue weighted by atomic mass is 10.3. The molecule has 8 nitrogen and oxygen atoms in total. The average molecular weight is 346 g/mol. The summed E-state index contributed by atoms with van der Waals surface area (Å²) in [6.07, 6.45) is 2.08. The van der Waals surface area contributed by atoms with E-state index < -0.39 is 0 Å². The van der Waals surface area contributed by atoms with E-state index >= 15 is 0 Å². The Balaban J connectivity index is 2.01. The van der Waals surface area contributed by atoms with Crippen molar-refractivity contribution in [2.45, 2.75) is 20.3 Å². The van der Waals surface area contributed by atoms with Gasteiger partial charge >= 0.3 is 6.03 Å². The predicted octanol–water partition coefficient (Wildman–Crippen LogP) is 2.96. The number of hydrogen-bond acceptors (Lipinski definition) is 5. The molecule has 134 valence electrons. The Morgan fingerprint density at radius 1 is 1.20 bits per heavy atom. The molecular weight excluding hydrogens is 324 g/mol. The summed E-state index contributed by atoms with van der Waals surface area (Å²) < 4.78 is 10.2. The number of hydrogen-bond donors (Lipinski definition) is 2. The lowest BCUT2D eigenvalue weighted by molar-refractivity contribution is -0.116. The molecule has 3 amide bonds. The zero-order chi connectivity index (χ0) is 18.1. The average Bonchev–Trinajstić information content (AvgIpc) is 3.09. The van der Waals surface area contributed by atoms with Crippen molar-refractivity contribution in [1.29, 1.82) is 0 Å². The number of aromatic nitrogens is 1. The Labute approximate surface area is 146 Å². The first kappa shape index (κ1) is 18.3. The first-order chi connectivity index (χ1) is 12.1. The van der Waals surface area contributed by atoms with E-state index in [0.717, 1.165) is 6.42 Å². The van der Waals surface area contributed by atoms with Crippen molar-refractivity contribution >= 4 is 23.4 Å². The van der Waals surface area contributed by atoms with Crippen molar-refractivity contribution in [3.8, 4) is 5.75 Å². The van der Waals surface area contributed by atoms with Crippen LogP contribution in [0.4, 0.5) is 16.3 Å². The third-order valence-corrected chi connectivity index (χ3v) is 3.25. The minimum Gasteiger partial charge on any atom is -0.492 e. The van der Waals surface area contributed by atoms with Gasteiger partial charge < -0.3 is 24.8 Å². The molecule has 0 unspecified atom stereocenters. The van der Waals surface area contributed by atoms with Crippen molar-refractivity contribution in [1.82, 2.24) is 10.1 Å². The van der Waals surface area contributed by atoms with Crippen LogP contribution >= 0.6 is 0 Å². The number of carbonyl (C=O) groups excluding carboxylic acids is 2. The summed E-state index contributed by atoms with van der Waals surface area (Å²) in [7, 11) is 0.